The molecule has 1 aromatic carbocycles. The van der Waals surface area contributed by atoms with Crippen LogP contribution in [0.5, 0.6) is 0 Å². The summed E-state index contributed by atoms with van der Waals surface area (Å²) in [6.07, 6.45) is -0.00314. The fourth-order valence-corrected chi connectivity index (χ4v) is 2.53. The van der Waals surface area contributed by atoms with E-state index in [-0.39, 0.29) is 24.4 Å². The van der Waals surface area contributed by atoms with Crippen molar-refractivity contribution in [3.63, 3.8) is 0 Å². The number of benzene rings is 1. The van der Waals surface area contributed by atoms with E-state index in [1.54, 1.807) is 31.2 Å². The Bertz CT molecular complexity index is 814. The minimum absolute atomic E-state index is 0.00314. The lowest BCUT2D eigenvalue weighted by atomic mass is 10.1. The Morgan fingerprint density at radius 3 is 2.48 bits per heavy atom. The van der Waals surface area contributed by atoms with Crippen molar-refractivity contribution in [1.29, 1.82) is 0 Å². The SMILES string of the molecule is Cc1noc(C(C)C)c1C(=O)OCC(=O)N(CCC(N)=O)c1ccccc1. The van der Waals surface area contributed by atoms with Gasteiger partial charge >= 0.3 is 5.97 Å². The second-order valence-electron chi connectivity index (χ2n) is 6.34. The summed E-state index contributed by atoms with van der Waals surface area (Å²) >= 11 is 0. The quantitative estimate of drug-likeness (QED) is 0.709. The van der Waals surface area contributed by atoms with Crippen molar-refractivity contribution >= 4 is 23.5 Å². The number of carbonyl (C=O) groups excluding carboxylic acids is 3. The molecule has 1 aromatic heterocycles. The number of hydrogen-bond acceptors (Lipinski definition) is 6. The van der Waals surface area contributed by atoms with Crippen LogP contribution in [0.3, 0.4) is 0 Å². The van der Waals surface area contributed by atoms with Crippen LogP contribution in [0.4, 0.5) is 5.69 Å². The highest BCUT2D eigenvalue weighted by Gasteiger charge is 2.25. The summed E-state index contributed by atoms with van der Waals surface area (Å²) in [5.41, 5.74) is 6.42. The minimum atomic E-state index is -0.672. The lowest BCUT2D eigenvalue weighted by Gasteiger charge is -2.22. The van der Waals surface area contributed by atoms with Crippen LogP contribution >= 0.6 is 0 Å². The van der Waals surface area contributed by atoms with Crippen molar-refractivity contribution in [1.82, 2.24) is 5.16 Å². The van der Waals surface area contributed by atoms with E-state index in [0.29, 0.717) is 17.1 Å². The van der Waals surface area contributed by atoms with Gasteiger partial charge in [-0.15, -0.1) is 0 Å². The molecule has 0 saturated carbocycles. The number of rotatable bonds is 8. The van der Waals surface area contributed by atoms with Crippen LogP contribution < -0.4 is 10.6 Å². The van der Waals surface area contributed by atoms with Crippen molar-refractivity contribution in [2.45, 2.75) is 33.1 Å². The van der Waals surface area contributed by atoms with Crippen molar-refractivity contribution in [2.24, 2.45) is 5.73 Å². The van der Waals surface area contributed by atoms with Gasteiger partial charge in [-0.1, -0.05) is 37.2 Å². The number of aryl methyl sites for hydroxylation is 1. The highest BCUT2D eigenvalue weighted by molar-refractivity contribution is 5.98. The summed E-state index contributed by atoms with van der Waals surface area (Å²) in [5.74, 6) is -1.30. The number of anilines is 1. The Morgan fingerprint density at radius 2 is 1.89 bits per heavy atom. The molecule has 27 heavy (non-hydrogen) atoms. The molecule has 8 heteroatoms. The number of hydrogen-bond donors (Lipinski definition) is 1. The van der Waals surface area contributed by atoms with Gasteiger partial charge in [0, 0.05) is 24.6 Å². The molecule has 0 fully saturated rings. The van der Waals surface area contributed by atoms with E-state index in [2.05, 4.69) is 5.16 Å². The van der Waals surface area contributed by atoms with Crippen LogP contribution in [0.15, 0.2) is 34.9 Å². The Balaban J connectivity index is 2.10. The smallest absolute Gasteiger partial charge is 0.344 e. The fourth-order valence-electron chi connectivity index (χ4n) is 2.53. The van der Waals surface area contributed by atoms with Crippen molar-refractivity contribution < 1.29 is 23.6 Å². The summed E-state index contributed by atoms with van der Waals surface area (Å²) < 4.78 is 10.4. The highest BCUT2D eigenvalue weighted by atomic mass is 16.5. The standard InChI is InChI=1S/C19H23N3O5/c1-12(2)18-17(13(3)21-27-18)19(25)26-11-16(24)22(10-9-15(20)23)14-7-5-4-6-8-14/h4-8,12H,9-11H2,1-3H3,(H2,20,23). The molecule has 0 bridgehead atoms. The fraction of sp³-hybridized carbons (Fsp3) is 0.368. The van der Waals surface area contributed by atoms with Gasteiger partial charge in [0.2, 0.25) is 5.91 Å². The third-order valence-corrected chi connectivity index (χ3v) is 3.90. The lowest BCUT2D eigenvalue weighted by Crippen LogP contribution is -2.37. The summed E-state index contributed by atoms with van der Waals surface area (Å²) in [6.45, 7) is 4.98. The first-order valence-corrected chi connectivity index (χ1v) is 8.58. The molecule has 0 aliphatic carbocycles. The van der Waals surface area contributed by atoms with Crippen LogP contribution in [-0.4, -0.2) is 36.1 Å². The molecular weight excluding hydrogens is 350 g/mol. The lowest BCUT2D eigenvalue weighted by molar-refractivity contribution is -0.121. The number of aromatic nitrogens is 1. The number of primary amides is 1. The first kappa shape index (κ1) is 20.2. The molecule has 144 valence electrons. The monoisotopic (exact) mass is 373 g/mol. The molecule has 2 N–H and O–H groups in total. The number of nitrogens with zero attached hydrogens (tertiary/aromatic N) is 2. The number of amides is 2. The Labute approximate surface area is 157 Å². The van der Waals surface area contributed by atoms with Crippen molar-refractivity contribution in [3.8, 4) is 0 Å². The molecule has 8 nitrogen and oxygen atoms in total. The first-order valence-electron chi connectivity index (χ1n) is 8.58. The zero-order valence-electron chi connectivity index (χ0n) is 15.6. The van der Waals surface area contributed by atoms with Crippen LogP contribution in [0.25, 0.3) is 0 Å². The Hall–Kier alpha value is -3.16. The van der Waals surface area contributed by atoms with Crippen LogP contribution in [0.1, 0.15) is 48.0 Å². The van der Waals surface area contributed by atoms with E-state index in [1.165, 1.54) is 4.90 Å². The molecule has 1 heterocycles. The largest absolute Gasteiger partial charge is 0.452 e. The molecule has 0 atom stereocenters. The van der Waals surface area contributed by atoms with Gasteiger partial charge < -0.3 is 19.9 Å². The van der Waals surface area contributed by atoms with Gasteiger partial charge in [-0.25, -0.2) is 4.79 Å². The molecule has 0 radical (unpaired) electrons. The van der Waals surface area contributed by atoms with Crippen LogP contribution in [-0.2, 0) is 14.3 Å². The van der Waals surface area contributed by atoms with Gasteiger partial charge in [-0.2, -0.15) is 0 Å². The van der Waals surface area contributed by atoms with E-state index in [4.69, 9.17) is 15.0 Å². The third kappa shape index (κ3) is 5.16. The summed E-state index contributed by atoms with van der Waals surface area (Å²) in [5, 5.41) is 3.79. The van der Waals surface area contributed by atoms with Gasteiger partial charge in [0.25, 0.3) is 5.91 Å². The average Bonchev–Trinajstić information content (AvgIpc) is 3.02. The minimum Gasteiger partial charge on any atom is -0.452 e. The molecule has 0 aliphatic rings. The number of esters is 1. The topological polar surface area (TPSA) is 116 Å². The highest BCUT2D eigenvalue weighted by Crippen LogP contribution is 2.23. The Morgan fingerprint density at radius 1 is 1.22 bits per heavy atom. The molecule has 0 spiro atoms. The maximum Gasteiger partial charge on any atom is 0.344 e. The zero-order valence-corrected chi connectivity index (χ0v) is 15.6. The van der Waals surface area contributed by atoms with Gasteiger partial charge in [-0.05, 0) is 19.1 Å². The van der Waals surface area contributed by atoms with Gasteiger partial charge in [0.15, 0.2) is 12.4 Å². The van der Waals surface area contributed by atoms with Crippen LogP contribution in [0, 0.1) is 6.92 Å². The summed E-state index contributed by atoms with van der Waals surface area (Å²) in [6, 6.07) is 8.79. The second-order valence-corrected chi connectivity index (χ2v) is 6.34. The molecule has 2 aromatic rings. The van der Waals surface area contributed by atoms with Crippen LogP contribution in [0.2, 0.25) is 0 Å². The molecule has 0 unspecified atom stereocenters. The van der Waals surface area contributed by atoms with E-state index < -0.39 is 24.4 Å². The molecule has 2 rings (SSSR count). The van der Waals surface area contributed by atoms with E-state index in [1.807, 2.05) is 19.9 Å². The predicted octanol–water partition coefficient (Wildman–Crippen LogP) is 2.17. The maximum atomic E-state index is 12.6. The number of nitrogens with two attached hydrogens (primary N) is 1. The van der Waals surface area contributed by atoms with Crippen molar-refractivity contribution in [3.05, 3.63) is 47.3 Å². The average molecular weight is 373 g/mol. The molecule has 0 aliphatic heterocycles. The van der Waals surface area contributed by atoms with E-state index in [0.717, 1.165) is 0 Å². The van der Waals surface area contributed by atoms with Gasteiger partial charge in [-0.3, -0.25) is 9.59 Å². The third-order valence-electron chi connectivity index (χ3n) is 3.90. The predicted molar refractivity (Wildman–Crippen MR) is 98.2 cm³/mol. The zero-order chi connectivity index (χ0) is 20.0. The molecular formula is C19H23N3O5. The number of para-hydroxylation sites is 1. The summed E-state index contributed by atoms with van der Waals surface area (Å²) in [7, 11) is 0. The summed E-state index contributed by atoms with van der Waals surface area (Å²) in [4.78, 5) is 37.5. The molecule has 0 saturated heterocycles. The van der Waals surface area contributed by atoms with Gasteiger partial charge in [0.1, 0.15) is 5.56 Å². The normalized spacial score (nSPS) is 10.7. The van der Waals surface area contributed by atoms with E-state index >= 15 is 0 Å². The second kappa shape index (κ2) is 8.98. The maximum absolute atomic E-state index is 12.6. The van der Waals surface area contributed by atoms with E-state index in [9.17, 15) is 14.4 Å². The number of ether oxygens (including phenoxy) is 1. The molecule has 2 amide bonds. The number of carbonyl (C=O) groups is 3. The first-order chi connectivity index (χ1) is 12.8. The van der Waals surface area contributed by atoms with Crippen molar-refractivity contribution in [2.75, 3.05) is 18.1 Å². The van der Waals surface area contributed by atoms with Gasteiger partial charge in [0.05, 0.1) is 5.69 Å². The Kier molecular flexibility index (Phi) is 6.70.